The minimum atomic E-state index is -1.17. The number of likely N-dealkylation sites (N-methyl/N-ethyl adjacent to an activating group) is 1. The van der Waals surface area contributed by atoms with Crippen molar-refractivity contribution in [3.05, 3.63) is 45.2 Å². The lowest BCUT2D eigenvalue weighted by Crippen LogP contribution is -2.73. The van der Waals surface area contributed by atoms with Crippen LogP contribution in [0, 0.1) is 18.3 Å². The molecule has 1 saturated heterocycles. The van der Waals surface area contributed by atoms with Gasteiger partial charge in [0, 0.05) is 41.3 Å². The van der Waals surface area contributed by atoms with Crippen LogP contribution in [-0.2, 0) is 30.3 Å². The van der Waals surface area contributed by atoms with Gasteiger partial charge in [-0.1, -0.05) is 6.07 Å². The van der Waals surface area contributed by atoms with Crippen LogP contribution in [0.25, 0.3) is 0 Å². The van der Waals surface area contributed by atoms with E-state index in [1.807, 2.05) is 24.9 Å². The molecule has 0 saturated carbocycles. The second-order valence-corrected chi connectivity index (χ2v) is 11.4. The van der Waals surface area contributed by atoms with Crippen LogP contribution >= 0.6 is 0 Å². The highest BCUT2D eigenvalue weighted by atomic mass is 16.5. The molecule has 0 aromatic heterocycles. The fraction of sp³-hybridized carbons (Fsp3) is 0.500. The quantitative estimate of drug-likeness (QED) is 0.429. The van der Waals surface area contributed by atoms with Gasteiger partial charge in [-0.25, -0.2) is 0 Å². The number of Topliss-reactive ketones (excluding diaryl/α,β-unsaturated/α-hetero) is 2. The predicted molar refractivity (Wildman–Crippen MR) is 149 cm³/mol. The van der Waals surface area contributed by atoms with Gasteiger partial charge >= 0.3 is 0 Å². The largest absolute Gasteiger partial charge is 0.504 e. The summed E-state index contributed by atoms with van der Waals surface area (Å²) in [7, 11) is 4.67. The number of phenols is 1. The number of benzene rings is 1. The molecule has 12 nitrogen and oxygen atoms in total. The molecular formula is C30H35N5O7. The Morgan fingerprint density at radius 2 is 1.83 bits per heavy atom. The van der Waals surface area contributed by atoms with Crippen LogP contribution in [0.2, 0.25) is 0 Å². The number of aromatic hydroxyl groups is 1. The average molecular weight is 578 g/mol. The van der Waals surface area contributed by atoms with E-state index in [2.05, 4.69) is 16.7 Å². The Morgan fingerprint density at radius 1 is 1.14 bits per heavy atom. The van der Waals surface area contributed by atoms with Crippen molar-refractivity contribution in [3.8, 4) is 17.6 Å². The molecule has 1 aromatic rings. The number of nitrogens with one attached hydrogen (secondary N) is 2. The number of carbonyl (C=O) groups is 4. The maximum Gasteiger partial charge on any atom is 0.243 e. The predicted octanol–water partition coefficient (Wildman–Crippen LogP) is 0.923. The van der Waals surface area contributed by atoms with Crippen molar-refractivity contribution in [2.45, 2.75) is 76.9 Å². The molecule has 4 unspecified atom stereocenters. The van der Waals surface area contributed by atoms with E-state index in [-0.39, 0.29) is 46.5 Å². The Hall–Kier alpha value is -4.21. The molecule has 3 aliphatic heterocycles. The Labute approximate surface area is 243 Å². The standard InChI is InChI=1S/C30H35N5O7/c1-12-8-16-9-18-20(11-31)35-19(23(34(18)5)21(16)25(38)27(12)41-6)10-17-22(26(39)28(42-7)13(2)24(17)37)29(35)33-30(40)14(3)32-15(4)36/h8,14,18-20,23,29,38H,9-10H2,1-7H3,(H,32,36)(H,33,40)/t14-,18?,19?,20-,23?,29?/m0/s1. The second kappa shape index (κ2) is 10.6. The van der Waals surface area contributed by atoms with Crippen LogP contribution in [0.1, 0.15) is 49.9 Å². The first kappa shape index (κ1) is 29.3. The van der Waals surface area contributed by atoms with Crippen molar-refractivity contribution in [2.24, 2.45) is 0 Å². The van der Waals surface area contributed by atoms with Gasteiger partial charge in [0.25, 0.3) is 0 Å². The van der Waals surface area contributed by atoms with Crippen molar-refractivity contribution in [2.75, 3.05) is 21.3 Å². The number of ether oxygens (including phenoxy) is 2. The van der Waals surface area contributed by atoms with Gasteiger partial charge in [-0.05, 0) is 51.8 Å². The van der Waals surface area contributed by atoms with Gasteiger partial charge in [0.05, 0.1) is 26.3 Å². The lowest BCUT2D eigenvalue weighted by Gasteiger charge is -2.60. The molecule has 2 amide bonds. The highest BCUT2D eigenvalue weighted by molar-refractivity contribution is 6.25. The highest BCUT2D eigenvalue weighted by Crippen LogP contribution is 2.53. The van der Waals surface area contributed by atoms with Crippen molar-refractivity contribution in [3.63, 3.8) is 0 Å². The van der Waals surface area contributed by atoms with Crippen LogP contribution in [0.5, 0.6) is 11.5 Å². The molecule has 5 rings (SSSR count). The summed E-state index contributed by atoms with van der Waals surface area (Å²) in [6.07, 6.45) is -0.653. The molecule has 0 radical (unpaired) electrons. The number of allylic oxidation sites excluding steroid dienone is 2. The average Bonchev–Trinajstić information content (AvgIpc) is 2.92. The molecule has 0 spiro atoms. The molecule has 42 heavy (non-hydrogen) atoms. The van der Waals surface area contributed by atoms with Gasteiger partial charge in [-0.2, -0.15) is 5.26 Å². The lowest BCUT2D eigenvalue weighted by atomic mass is 9.71. The highest BCUT2D eigenvalue weighted by Gasteiger charge is 2.58. The molecule has 4 aliphatic rings. The molecular weight excluding hydrogens is 542 g/mol. The van der Waals surface area contributed by atoms with Gasteiger partial charge in [0.2, 0.25) is 17.6 Å². The van der Waals surface area contributed by atoms with E-state index in [9.17, 15) is 29.5 Å². The molecule has 2 bridgehead atoms. The van der Waals surface area contributed by atoms with Crippen LogP contribution in [-0.4, -0.2) is 89.9 Å². The zero-order valence-electron chi connectivity index (χ0n) is 24.7. The molecule has 1 aromatic carbocycles. The van der Waals surface area contributed by atoms with Crippen LogP contribution in [0.15, 0.2) is 28.5 Å². The molecule has 1 aliphatic carbocycles. The number of aryl methyl sites for hydroxylation is 1. The summed E-state index contributed by atoms with van der Waals surface area (Å²) in [4.78, 5) is 56.5. The van der Waals surface area contributed by atoms with Crippen molar-refractivity contribution >= 4 is 23.4 Å². The second-order valence-electron chi connectivity index (χ2n) is 11.4. The van der Waals surface area contributed by atoms with Crippen LogP contribution in [0.3, 0.4) is 0 Å². The summed E-state index contributed by atoms with van der Waals surface area (Å²) < 4.78 is 10.9. The van der Waals surface area contributed by atoms with Crippen LogP contribution in [0.4, 0.5) is 0 Å². The minimum absolute atomic E-state index is 0.0124. The Balaban J connectivity index is 1.72. The number of amides is 2. The van der Waals surface area contributed by atoms with Crippen molar-refractivity contribution < 1.29 is 33.8 Å². The SMILES string of the molecule is COC1=C(C)C(=O)C2=C(C1=O)C(NC(=O)[C@H](C)NC(C)=O)N1C(C2)C2c3c(cc(C)c(OC)c3O)CC([C@@H]1C#N)N2C. The van der Waals surface area contributed by atoms with Gasteiger partial charge in [0.15, 0.2) is 23.0 Å². The third-order valence-corrected chi connectivity index (χ3v) is 9.03. The summed E-state index contributed by atoms with van der Waals surface area (Å²) in [5.74, 6) is -1.71. The molecule has 6 atom stereocenters. The number of ketones is 2. The first-order valence-electron chi connectivity index (χ1n) is 13.8. The van der Waals surface area contributed by atoms with E-state index < -0.39 is 47.9 Å². The fourth-order valence-electron chi connectivity index (χ4n) is 7.24. The smallest absolute Gasteiger partial charge is 0.243 e. The fourth-order valence-corrected chi connectivity index (χ4v) is 7.24. The number of nitrogens with zero attached hydrogens (tertiary/aromatic N) is 3. The van der Waals surface area contributed by atoms with Crippen molar-refractivity contribution in [1.82, 2.24) is 20.4 Å². The number of hydrogen-bond donors (Lipinski definition) is 3. The molecule has 1 fully saturated rings. The zero-order chi connectivity index (χ0) is 30.8. The summed E-state index contributed by atoms with van der Waals surface area (Å²) in [6, 6.07) is 1.15. The normalized spacial score (nSPS) is 27.8. The van der Waals surface area contributed by atoms with E-state index >= 15 is 0 Å². The third kappa shape index (κ3) is 4.18. The first-order valence-corrected chi connectivity index (χ1v) is 13.8. The van der Waals surface area contributed by atoms with Gasteiger partial charge in [-0.3, -0.25) is 29.0 Å². The Bertz CT molecular complexity index is 1520. The zero-order valence-corrected chi connectivity index (χ0v) is 24.7. The molecule has 222 valence electrons. The lowest BCUT2D eigenvalue weighted by molar-refractivity contribution is -0.132. The van der Waals surface area contributed by atoms with E-state index in [1.54, 1.807) is 4.90 Å². The van der Waals surface area contributed by atoms with E-state index in [1.165, 1.54) is 35.0 Å². The number of rotatable bonds is 5. The number of fused-ring (bicyclic) bond motifs is 6. The molecule has 3 N–H and O–H groups in total. The maximum atomic E-state index is 13.8. The van der Waals surface area contributed by atoms with E-state index in [0.717, 1.165) is 11.1 Å². The number of nitriles is 1. The summed E-state index contributed by atoms with van der Waals surface area (Å²) in [5.41, 5.74) is 2.70. The Morgan fingerprint density at radius 3 is 2.43 bits per heavy atom. The summed E-state index contributed by atoms with van der Waals surface area (Å²) in [6.45, 7) is 6.16. The number of methoxy groups -OCH3 is 2. The number of carbonyl (C=O) groups excluding carboxylic acids is 4. The third-order valence-electron chi connectivity index (χ3n) is 9.03. The molecule has 3 heterocycles. The van der Waals surface area contributed by atoms with Crippen LogP contribution < -0.4 is 15.4 Å². The van der Waals surface area contributed by atoms with E-state index in [4.69, 9.17) is 9.47 Å². The van der Waals surface area contributed by atoms with Gasteiger partial charge < -0.3 is 25.2 Å². The Kier molecular flexibility index (Phi) is 7.37. The van der Waals surface area contributed by atoms with Gasteiger partial charge in [0.1, 0.15) is 18.2 Å². The summed E-state index contributed by atoms with van der Waals surface area (Å²) >= 11 is 0. The first-order chi connectivity index (χ1) is 19.9. The number of hydrogen-bond acceptors (Lipinski definition) is 10. The number of phenolic OH excluding ortho intramolecular Hbond substituents is 1. The summed E-state index contributed by atoms with van der Waals surface area (Å²) in [5, 5.41) is 27.5. The minimum Gasteiger partial charge on any atom is -0.504 e. The van der Waals surface area contributed by atoms with Crippen molar-refractivity contribution in [1.29, 1.82) is 5.26 Å². The van der Waals surface area contributed by atoms with E-state index in [0.29, 0.717) is 17.7 Å². The number of piperazine rings is 1. The monoisotopic (exact) mass is 577 g/mol. The molecule has 12 heteroatoms. The maximum absolute atomic E-state index is 13.8. The topological polar surface area (TPSA) is 161 Å². The van der Waals surface area contributed by atoms with Gasteiger partial charge in [-0.15, -0.1) is 0 Å².